The van der Waals surface area contributed by atoms with Crippen molar-refractivity contribution in [2.24, 2.45) is 0 Å². The molecule has 8 heteroatoms. The highest BCUT2D eigenvalue weighted by Crippen LogP contribution is 2.29. The average molecular weight is 327 g/mol. The second-order valence-corrected chi connectivity index (χ2v) is 6.56. The molecule has 6 nitrogen and oxygen atoms in total. The Bertz CT molecular complexity index is 763. The predicted octanol–water partition coefficient (Wildman–Crippen LogP) is 2.27. The molecule has 0 bridgehead atoms. The van der Waals surface area contributed by atoms with E-state index in [4.69, 9.17) is 15.4 Å². The van der Waals surface area contributed by atoms with Gasteiger partial charge in [-0.3, -0.25) is 9.78 Å². The molecule has 1 aromatic heterocycles. The van der Waals surface area contributed by atoms with Gasteiger partial charge in [0, 0.05) is 23.1 Å². The molecule has 0 unspecified atom stereocenters. The molecule has 0 radical (unpaired) electrons. The molecule has 1 amide bonds. The maximum Gasteiger partial charge on any atom is 0.261 e. The lowest BCUT2D eigenvalue weighted by Crippen LogP contribution is -2.13. The largest absolute Gasteiger partial charge is 0.495 e. The lowest BCUT2D eigenvalue weighted by molar-refractivity contribution is 0.102. The van der Waals surface area contributed by atoms with Crippen LogP contribution in [0.5, 0.6) is 5.75 Å². The average Bonchev–Trinajstić information content (AvgIpc) is 2.47. The first-order valence-electron chi connectivity index (χ1n) is 5.76. The number of ether oxygens (including phenoxy) is 1. The molecule has 2 rings (SSSR count). The number of carbonyl (C=O) groups excluding carboxylic acids is 1. The lowest BCUT2D eigenvalue weighted by atomic mass is 10.2. The molecule has 0 atom stereocenters. The lowest BCUT2D eigenvalue weighted by Gasteiger charge is -2.11. The molecule has 0 aliphatic rings. The Kier molecular flexibility index (Phi) is 4.44. The summed E-state index contributed by atoms with van der Waals surface area (Å²) in [5.41, 5.74) is 0.534. The van der Waals surface area contributed by atoms with Gasteiger partial charge in [0.2, 0.25) is 0 Å². The van der Waals surface area contributed by atoms with Crippen molar-refractivity contribution in [3.05, 3.63) is 48.3 Å². The molecule has 0 saturated carbocycles. The third-order valence-electron chi connectivity index (χ3n) is 2.62. The van der Waals surface area contributed by atoms with Crippen molar-refractivity contribution in [3.63, 3.8) is 0 Å². The summed E-state index contributed by atoms with van der Waals surface area (Å²) >= 11 is 0. The Hall–Kier alpha value is -2.12. The van der Waals surface area contributed by atoms with Crippen molar-refractivity contribution in [2.45, 2.75) is 4.90 Å². The van der Waals surface area contributed by atoms with Gasteiger partial charge in [0.25, 0.3) is 15.0 Å². The Morgan fingerprint density at radius 3 is 2.67 bits per heavy atom. The maximum absolute atomic E-state index is 12.1. The van der Waals surface area contributed by atoms with Gasteiger partial charge < -0.3 is 10.1 Å². The summed E-state index contributed by atoms with van der Waals surface area (Å²) in [6.07, 6.45) is 2.93. The summed E-state index contributed by atoms with van der Waals surface area (Å²) < 4.78 is 27.8. The standard InChI is InChI=1S/C13H11ClN2O4S/c1-20-12-5-4-10(21(14,18)19)7-11(12)16-13(17)9-3-2-6-15-8-9/h2-8H,1H3,(H,16,17). The van der Waals surface area contributed by atoms with Gasteiger partial charge in [-0.15, -0.1) is 0 Å². The van der Waals surface area contributed by atoms with Crippen molar-refractivity contribution in [3.8, 4) is 5.75 Å². The molecule has 110 valence electrons. The Balaban J connectivity index is 2.36. The van der Waals surface area contributed by atoms with Gasteiger partial charge in [-0.25, -0.2) is 8.42 Å². The van der Waals surface area contributed by atoms with E-state index in [1.54, 1.807) is 12.1 Å². The second kappa shape index (κ2) is 6.11. The highest BCUT2D eigenvalue weighted by atomic mass is 35.7. The van der Waals surface area contributed by atoms with Gasteiger partial charge in [0.1, 0.15) is 5.75 Å². The van der Waals surface area contributed by atoms with Crippen LogP contribution in [0.2, 0.25) is 0 Å². The maximum atomic E-state index is 12.1. The van der Waals surface area contributed by atoms with Crippen molar-refractivity contribution in [1.82, 2.24) is 4.98 Å². The molecule has 1 heterocycles. The number of hydrogen-bond donors (Lipinski definition) is 1. The van der Waals surface area contributed by atoms with E-state index in [0.717, 1.165) is 0 Å². The fraction of sp³-hybridized carbons (Fsp3) is 0.0769. The van der Waals surface area contributed by atoms with Crippen LogP contribution in [0.4, 0.5) is 5.69 Å². The Labute approximate surface area is 126 Å². The number of anilines is 1. The molecule has 0 spiro atoms. The van der Waals surface area contributed by atoms with Crippen LogP contribution in [0.25, 0.3) is 0 Å². The van der Waals surface area contributed by atoms with Crippen LogP contribution in [0, 0.1) is 0 Å². The van der Waals surface area contributed by atoms with Gasteiger partial charge in [-0.1, -0.05) is 0 Å². The van der Waals surface area contributed by atoms with Crippen molar-refractivity contribution < 1.29 is 17.9 Å². The molecule has 2 aromatic rings. The van der Waals surface area contributed by atoms with Gasteiger partial charge >= 0.3 is 0 Å². The number of methoxy groups -OCH3 is 1. The SMILES string of the molecule is COc1ccc(S(=O)(=O)Cl)cc1NC(=O)c1cccnc1. The molecule has 0 aliphatic heterocycles. The van der Waals surface area contributed by atoms with Crippen LogP contribution < -0.4 is 10.1 Å². The predicted molar refractivity (Wildman–Crippen MR) is 78.2 cm³/mol. The molecular formula is C13H11ClN2O4S. The van der Waals surface area contributed by atoms with E-state index < -0.39 is 15.0 Å². The number of nitrogens with one attached hydrogen (secondary N) is 1. The number of carbonyl (C=O) groups is 1. The molecule has 1 N–H and O–H groups in total. The number of rotatable bonds is 4. The van der Waals surface area contributed by atoms with Crippen molar-refractivity contribution in [2.75, 3.05) is 12.4 Å². The highest BCUT2D eigenvalue weighted by molar-refractivity contribution is 8.13. The van der Waals surface area contributed by atoms with E-state index in [-0.39, 0.29) is 10.6 Å². The van der Waals surface area contributed by atoms with Crippen LogP contribution in [0.15, 0.2) is 47.6 Å². The normalized spacial score (nSPS) is 11.0. The van der Waals surface area contributed by atoms with Crippen LogP contribution >= 0.6 is 10.7 Å². The second-order valence-electron chi connectivity index (χ2n) is 4.00. The Morgan fingerprint density at radius 1 is 1.33 bits per heavy atom. The Morgan fingerprint density at radius 2 is 2.10 bits per heavy atom. The topological polar surface area (TPSA) is 85.4 Å². The number of hydrogen-bond acceptors (Lipinski definition) is 5. The zero-order valence-corrected chi connectivity index (χ0v) is 12.5. The van der Waals surface area contributed by atoms with E-state index >= 15 is 0 Å². The van der Waals surface area contributed by atoms with E-state index in [2.05, 4.69) is 10.3 Å². The molecule has 0 aliphatic carbocycles. The molecule has 21 heavy (non-hydrogen) atoms. The summed E-state index contributed by atoms with van der Waals surface area (Å²) in [4.78, 5) is 15.8. The summed E-state index contributed by atoms with van der Waals surface area (Å²) in [6, 6.07) is 7.13. The molecule has 1 aromatic carbocycles. The number of pyridine rings is 1. The minimum absolute atomic E-state index is 0.133. The monoisotopic (exact) mass is 326 g/mol. The molecular weight excluding hydrogens is 316 g/mol. The van der Waals surface area contributed by atoms with Gasteiger partial charge in [-0.2, -0.15) is 0 Å². The van der Waals surface area contributed by atoms with E-state index in [1.165, 1.54) is 37.7 Å². The third kappa shape index (κ3) is 3.71. The first-order valence-corrected chi connectivity index (χ1v) is 8.07. The third-order valence-corrected chi connectivity index (χ3v) is 3.98. The number of aromatic nitrogens is 1. The zero-order valence-electron chi connectivity index (χ0n) is 10.9. The van der Waals surface area contributed by atoms with Crippen LogP contribution in [0.3, 0.4) is 0 Å². The van der Waals surface area contributed by atoms with E-state index in [0.29, 0.717) is 11.3 Å². The fourth-order valence-corrected chi connectivity index (χ4v) is 2.41. The van der Waals surface area contributed by atoms with E-state index in [1.807, 2.05) is 0 Å². The van der Waals surface area contributed by atoms with Gasteiger partial charge in [0.15, 0.2) is 0 Å². The van der Waals surface area contributed by atoms with Crippen molar-refractivity contribution >= 4 is 31.3 Å². The van der Waals surface area contributed by atoms with Gasteiger partial charge in [0.05, 0.1) is 23.3 Å². The number of halogens is 1. The van der Waals surface area contributed by atoms with E-state index in [9.17, 15) is 13.2 Å². The smallest absolute Gasteiger partial charge is 0.261 e. The first-order chi connectivity index (χ1) is 9.91. The van der Waals surface area contributed by atoms with Gasteiger partial charge in [-0.05, 0) is 30.3 Å². The minimum Gasteiger partial charge on any atom is -0.495 e. The summed E-state index contributed by atoms with van der Waals surface area (Å²) in [5.74, 6) is -0.123. The number of benzene rings is 1. The van der Waals surface area contributed by atoms with Crippen molar-refractivity contribution in [1.29, 1.82) is 0 Å². The quantitative estimate of drug-likeness (QED) is 0.871. The number of nitrogens with zero attached hydrogens (tertiary/aromatic N) is 1. The van der Waals surface area contributed by atoms with Crippen LogP contribution in [-0.4, -0.2) is 26.4 Å². The summed E-state index contributed by atoms with van der Waals surface area (Å²) in [5, 5.41) is 2.56. The minimum atomic E-state index is -3.90. The zero-order chi connectivity index (χ0) is 15.5. The van der Waals surface area contributed by atoms with Crippen LogP contribution in [-0.2, 0) is 9.05 Å². The summed E-state index contributed by atoms with van der Waals surface area (Å²) in [7, 11) is 2.80. The van der Waals surface area contributed by atoms with Crippen LogP contribution in [0.1, 0.15) is 10.4 Å². The first kappa shape index (κ1) is 15.3. The molecule has 0 saturated heterocycles. The highest BCUT2D eigenvalue weighted by Gasteiger charge is 2.15. The molecule has 0 fully saturated rings. The number of amides is 1. The fourth-order valence-electron chi connectivity index (χ4n) is 1.63. The summed E-state index contributed by atoms with van der Waals surface area (Å²) in [6.45, 7) is 0.